The zero-order valence-electron chi connectivity index (χ0n) is 14.7. The summed E-state index contributed by atoms with van der Waals surface area (Å²) in [6.45, 7) is 2.05. The topological polar surface area (TPSA) is 38.8 Å². The molecule has 25 heavy (non-hydrogen) atoms. The van der Waals surface area contributed by atoms with E-state index >= 15 is 0 Å². The van der Waals surface area contributed by atoms with Gasteiger partial charge in [0.15, 0.2) is 0 Å². The van der Waals surface area contributed by atoms with Gasteiger partial charge in [-0.25, -0.2) is 0 Å². The molecule has 1 saturated carbocycles. The van der Waals surface area contributed by atoms with Crippen LogP contribution in [0.2, 0.25) is 5.02 Å². The number of benzene rings is 2. The first-order valence-corrected chi connectivity index (χ1v) is 8.72. The first-order chi connectivity index (χ1) is 12.0. The lowest BCUT2D eigenvalue weighted by atomic mass is 10.0. The molecule has 1 atom stereocenters. The third-order valence-electron chi connectivity index (χ3n) is 4.54. The second kappa shape index (κ2) is 7.36. The number of methoxy groups -OCH3 is 2. The molecule has 1 aliphatic carbocycles. The maximum absolute atomic E-state index is 13.2. The smallest absolute Gasteiger partial charge is 0.254 e. The highest BCUT2D eigenvalue weighted by molar-refractivity contribution is 6.30. The van der Waals surface area contributed by atoms with Crippen LogP contribution in [0.5, 0.6) is 11.5 Å². The largest absolute Gasteiger partial charge is 0.497 e. The van der Waals surface area contributed by atoms with E-state index in [1.165, 1.54) is 0 Å². The Morgan fingerprint density at radius 2 is 1.64 bits per heavy atom. The first kappa shape index (κ1) is 17.6. The predicted octanol–water partition coefficient (Wildman–Crippen LogP) is 4.72. The normalized spacial score (nSPS) is 14.7. The molecular weight excluding hydrogens is 338 g/mol. The van der Waals surface area contributed by atoms with Gasteiger partial charge in [-0.2, -0.15) is 0 Å². The van der Waals surface area contributed by atoms with Crippen LogP contribution >= 0.6 is 11.6 Å². The van der Waals surface area contributed by atoms with Gasteiger partial charge in [-0.3, -0.25) is 4.79 Å². The molecule has 2 aromatic rings. The molecule has 3 rings (SSSR count). The van der Waals surface area contributed by atoms with Crippen molar-refractivity contribution in [3.05, 3.63) is 58.6 Å². The van der Waals surface area contributed by atoms with E-state index in [1.807, 2.05) is 29.2 Å². The number of halogens is 1. The van der Waals surface area contributed by atoms with E-state index in [0.29, 0.717) is 22.1 Å². The quantitative estimate of drug-likeness (QED) is 0.748. The molecule has 0 saturated heterocycles. The van der Waals surface area contributed by atoms with Crippen molar-refractivity contribution in [1.29, 1.82) is 0 Å². The van der Waals surface area contributed by atoms with Crippen molar-refractivity contribution in [1.82, 2.24) is 4.90 Å². The number of amides is 1. The second-order valence-corrected chi connectivity index (χ2v) is 6.71. The van der Waals surface area contributed by atoms with Crippen LogP contribution in [-0.4, -0.2) is 31.1 Å². The Morgan fingerprint density at radius 1 is 1.08 bits per heavy atom. The lowest BCUT2D eigenvalue weighted by Gasteiger charge is -2.30. The third kappa shape index (κ3) is 3.90. The van der Waals surface area contributed by atoms with Gasteiger partial charge in [0.05, 0.1) is 20.3 Å². The third-order valence-corrected chi connectivity index (χ3v) is 4.79. The molecule has 0 spiro atoms. The molecule has 132 valence electrons. The van der Waals surface area contributed by atoms with E-state index in [1.54, 1.807) is 32.4 Å². The molecular formula is C20H22ClNO3. The molecule has 2 aromatic carbocycles. The summed E-state index contributed by atoms with van der Waals surface area (Å²) in [4.78, 5) is 15.2. The fraction of sp³-hybridized carbons (Fsp3) is 0.350. The molecule has 1 amide bonds. The summed E-state index contributed by atoms with van der Waals surface area (Å²) >= 11 is 5.99. The van der Waals surface area contributed by atoms with E-state index < -0.39 is 0 Å². The van der Waals surface area contributed by atoms with Gasteiger partial charge >= 0.3 is 0 Å². The standard InChI is InChI=1S/C20H22ClNO3/c1-13(14-4-6-16(21)7-5-14)22(17-8-9-17)20(23)15-10-18(24-2)12-19(11-15)25-3/h4-7,10-13,17H,8-9H2,1-3H3. The van der Waals surface area contributed by atoms with Crippen LogP contribution in [0, 0.1) is 0 Å². The van der Waals surface area contributed by atoms with Crippen molar-refractivity contribution in [2.45, 2.75) is 31.8 Å². The zero-order valence-corrected chi connectivity index (χ0v) is 15.4. The number of carbonyl (C=O) groups is 1. The molecule has 0 aliphatic heterocycles. The number of carbonyl (C=O) groups excluding carboxylic acids is 1. The Labute approximate surface area is 153 Å². The van der Waals surface area contributed by atoms with E-state index in [-0.39, 0.29) is 18.0 Å². The summed E-state index contributed by atoms with van der Waals surface area (Å²) in [5, 5.41) is 0.692. The fourth-order valence-electron chi connectivity index (χ4n) is 2.99. The number of rotatable bonds is 6. The highest BCUT2D eigenvalue weighted by atomic mass is 35.5. The Kier molecular flexibility index (Phi) is 5.19. The van der Waals surface area contributed by atoms with Gasteiger partial charge in [0.2, 0.25) is 0 Å². The van der Waals surface area contributed by atoms with Gasteiger partial charge in [0.1, 0.15) is 11.5 Å². The van der Waals surface area contributed by atoms with Crippen molar-refractivity contribution in [3.8, 4) is 11.5 Å². The average molecular weight is 360 g/mol. The predicted molar refractivity (Wildman–Crippen MR) is 98.6 cm³/mol. The monoisotopic (exact) mass is 359 g/mol. The van der Waals surface area contributed by atoms with Crippen LogP contribution in [0.1, 0.15) is 41.7 Å². The zero-order chi connectivity index (χ0) is 18.0. The first-order valence-electron chi connectivity index (χ1n) is 8.34. The second-order valence-electron chi connectivity index (χ2n) is 6.27. The summed E-state index contributed by atoms with van der Waals surface area (Å²) in [7, 11) is 3.16. The average Bonchev–Trinajstić information content (AvgIpc) is 3.46. The number of hydrogen-bond donors (Lipinski definition) is 0. The van der Waals surface area contributed by atoms with Gasteiger partial charge in [0, 0.05) is 22.7 Å². The number of hydrogen-bond acceptors (Lipinski definition) is 3. The van der Waals surface area contributed by atoms with Crippen LogP contribution in [0.4, 0.5) is 0 Å². The lowest BCUT2D eigenvalue weighted by molar-refractivity contribution is 0.0673. The van der Waals surface area contributed by atoms with Crippen LogP contribution < -0.4 is 9.47 Å². The van der Waals surface area contributed by atoms with E-state index in [2.05, 4.69) is 6.92 Å². The SMILES string of the molecule is COc1cc(OC)cc(C(=O)N(C2CC2)C(C)c2ccc(Cl)cc2)c1. The Bertz CT molecular complexity index is 734. The van der Waals surface area contributed by atoms with Gasteiger partial charge in [-0.15, -0.1) is 0 Å². The number of ether oxygens (including phenoxy) is 2. The molecule has 0 heterocycles. The minimum Gasteiger partial charge on any atom is -0.497 e. The molecule has 0 radical (unpaired) electrons. The summed E-state index contributed by atoms with van der Waals surface area (Å²) in [5.41, 5.74) is 1.64. The molecule has 1 unspecified atom stereocenters. The minimum atomic E-state index is -0.0329. The molecule has 1 fully saturated rings. The molecule has 1 aliphatic rings. The highest BCUT2D eigenvalue weighted by Gasteiger charge is 2.37. The summed E-state index contributed by atoms with van der Waals surface area (Å²) in [6.07, 6.45) is 2.07. The Balaban J connectivity index is 1.92. The van der Waals surface area contributed by atoms with Crippen molar-refractivity contribution < 1.29 is 14.3 Å². The summed E-state index contributed by atoms with van der Waals surface area (Å²) < 4.78 is 10.6. The van der Waals surface area contributed by atoms with Crippen molar-refractivity contribution in [2.24, 2.45) is 0 Å². The molecule has 4 nitrogen and oxygen atoms in total. The molecule has 0 N–H and O–H groups in total. The van der Waals surface area contributed by atoms with Gasteiger partial charge in [-0.05, 0) is 49.6 Å². The molecule has 0 aromatic heterocycles. The maximum atomic E-state index is 13.2. The van der Waals surface area contributed by atoms with Crippen LogP contribution in [-0.2, 0) is 0 Å². The van der Waals surface area contributed by atoms with Gasteiger partial charge in [0.25, 0.3) is 5.91 Å². The van der Waals surface area contributed by atoms with E-state index in [9.17, 15) is 4.79 Å². The van der Waals surface area contributed by atoms with Crippen molar-refractivity contribution >= 4 is 17.5 Å². The van der Waals surface area contributed by atoms with Crippen LogP contribution in [0.15, 0.2) is 42.5 Å². The van der Waals surface area contributed by atoms with Gasteiger partial charge in [-0.1, -0.05) is 23.7 Å². The Morgan fingerprint density at radius 3 is 2.12 bits per heavy atom. The maximum Gasteiger partial charge on any atom is 0.254 e. The van der Waals surface area contributed by atoms with Crippen molar-refractivity contribution in [3.63, 3.8) is 0 Å². The van der Waals surface area contributed by atoms with E-state index in [0.717, 1.165) is 18.4 Å². The highest BCUT2D eigenvalue weighted by Crippen LogP contribution is 2.36. The van der Waals surface area contributed by atoms with Crippen molar-refractivity contribution in [2.75, 3.05) is 14.2 Å². The minimum absolute atomic E-state index is 0.0119. The fourth-order valence-corrected chi connectivity index (χ4v) is 3.12. The molecule has 0 bridgehead atoms. The number of nitrogens with zero attached hydrogens (tertiary/aromatic N) is 1. The van der Waals surface area contributed by atoms with Crippen LogP contribution in [0.25, 0.3) is 0 Å². The summed E-state index contributed by atoms with van der Waals surface area (Å²) in [6, 6.07) is 13.2. The van der Waals surface area contributed by atoms with Gasteiger partial charge < -0.3 is 14.4 Å². The Hall–Kier alpha value is -2.20. The van der Waals surface area contributed by atoms with Crippen LogP contribution in [0.3, 0.4) is 0 Å². The molecule has 5 heteroatoms. The van der Waals surface area contributed by atoms with E-state index in [4.69, 9.17) is 21.1 Å². The summed E-state index contributed by atoms with van der Waals surface area (Å²) in [5.74, 6) is 1.21. The lowest BCUT2D eigenvalue weighted by Crippen LogP contribution is -2.35.